The largest absolute Gasteiger partial charge is 0.494 e. The van der Waals surface area contributed by atoms with Crippen LogP contribution in [0.2, 0.25) is 0 Å². The number of rotatable bonds is 8. The van der Waals surface area contributed by atoms with Crippen molar-refractivity contribution in [2.24, 2.45) is 0 Å². The number of thiazole rings is 1. The van der Waals surface area contributed by atoms with Crippen LogP contribution < -0.4 is 10.1 Å². The van der Waals surface area contributed by atoms with E-state index in [0.29, 0.717) is 5.13 Å². The number of carbonyl (C=O) groups is 1. The van der Waals surface area contributed by atoms with Crippen molar-refractivity contribution in [3.63, 3.8) is 0 Å². The van der Waals surface area contributed by atoms with E-state index < -0.39 is 0 Å². The molecule has 1 heterocycles. The first-order chi connectivity index (χ1) is 13.2. The van der Waals surface area contributed by atoms with Crippen LogP contribution in [0.5, 0.6) is 5.75 Å². The molecule has 0 aliphatic carbocycles. The van der Waals surface area contributed by atoms with Gasteiger partial charge in [-0.3, -0.25) is 10.1 Å². The second-order valence-electron chi connectivity index (χ2n) is 6.00. The van der Waals surface area contributed by atoms with E-state index in [4.69, 9.17) is 4.74 Å². The Labute approximate surface area is 163 Å². The van der Waals surface area contributed by atoms with Crippen LogP contribution in [0.4, 0.5) is 5.13 Å². The molecule has 138 valence electrons. The fourth-order valence-electron chi connectivity index (χ4n) is 2.40. The highest BCUT2D eigenvalue weighted by molar-refractivity contribution is 7.14. The Hall–Kier alpha value is -2.92. The molecule has 0 saturated heterocycles. The lowest BCUT2D eigenvalue weighted by molar-refractivity contribution is -0.111. The van der Waals surface area contributed by atoms with E-state index in [0.717, 1.165) is 42.0 Å². The number of hydrogen-bond acceptors (Lipinski definition) is 4. The Morgan fingerprint density at radius 3 is 2.67 bits per heavy atom. The normalized spacial score (nSPS) is 10.9. The number of nitrogens with zero attached hydrogens (tertiary/aromatic N) is 1. The first kappa shape index (κ1) is 18.9. The van der Waals surface area contributed by atoms with Crippen molar-refractivity contribution in [2.75, 3.05) is 11.9 Å². The molecule has 1 amide bonds. The average Bonchev–Trinajstić information content (AvgIpc) is 3.16. The monoisotopic (exact) mass is 378 g/mol. The predicted molar refractivity (Wildman–Crippen MR) is 112 cm³/mol. The molecule has 0 fully saturated rings. The van der Waals surface area contributed by atoms with Crippen LogP contribution in [-0.2, 0) is 4.79 Å². The van der Waals surface area contributed by atoms with Gasteiger partial charge in [0.05, 0.1) is 12.3 Å². The zero-order valence-electron chi connectivity index (χ0n) is 15.2. The van der Waals surface area contributed by atoms with Gasteiger partial charge in [0, 0.05) is 17.0 Å². The quantitative estimate of drug-likeness (QED) is 0.407. The maximum Gasteiger partial charge on any atom is 0.250 e. The van der Waals surface area contributed by atoms with Crippen LogP contribution in [0.15, 0.2) is 66.1 Å². The van der Waals surface area contributed by atoms with Crippen molar-refractivity contribution >= 4 is 28.5 Å². The van der Waals surface area contributed by atoms with Crippen molar-refractivity contribution in [1.82, 2.24) is 4.98 Å². The van der Waals surface area contributed by atoms with Gasteiger partial charge in [0.15, 0.2) is 5.13 Å². The van der Waals surface area contributed by atoms with E-state index in [-0.39, 0.29) is 5.91 Å². The maximum absolute atomic E-state index is 12.1. The summed E-state index contributed by atoms with van der Waals surface area (Å²) in [5.74, 6) is 0.668. The van der Waals surface area contributed by atoms with Crippen LogP contribution in [0, 0.1) is 0 Å². The van der Waals surface area contributed by atoms with E-state index in [1.54, 1.807) is 6.08 Å². The molecule has 3 aromatic rings. The number of ether oxygens (including phenoxy) is 1. The Morgan fingerprint density at radius 2 is 1.93 bits per heavy atom. The zero-order valence-corrected chi connectivity index (χ0v) is 16.0. The highest BCUT2D eigenvalue weighted by Crippen LogP contribution is 2.26. The van der Waals surface area contributed by atoms with Gasteiger partial charge in [-0.1, -0.05) is 43.7 Å². The average molecular weight is 378 g/mol. The number of carbonyl (C=O) groups excluding carboxylic acids is 1. The van der Waals surface area contributed by atoms with Crippen LogP contribution >= 0.6 is 11.3 Å². The molecule has 0 aliphatic heterocycles. The summed E-state index contributed by atoms with van der Waals surface area (Å²) in [6.45, 7) is 2.88. The van der Waals surface area contributed by atoms with Crippen LogP contribution in [-0.4, -0.2) is 17.5 Å². The molecule has 1 N–H and O–H groups in total. The van der Waals surface area contributed by atoms with Gasteiger partial charge in [0.1, 0.15) is 5.75 Å². The summed E-state index contributed by atoms with van der Waals surface area (Å²) in [5, 5.41) is 5.32. The zero-order chi connectivity index (χ0) is 18.9. The molecule has 27 heavy (non-hydrogen) atoms. The summed E-state index contributed by atoms with van der Waals surface area (Å²) >= 11 is 1.41. The van der Waals surface area contributed by atoms with E-state index in [1.165, 1.54) is 17.4 Å². The molecule has 0 unspecified atom stereocenters. The molecule has 0 saturated carbocycles. The van der Waals surface area contributed by atoms with Crippen molar-refractivity contribution in [1.29, 1.82) is 0 Å². The fraction of sp³-hybridized carbons (Fsp3) is 0.182. The fourth-order valence-corrected chi connectivity index (χ4v) is 3.13. The van der Waals surface area contributed by atoms with Crippen LogP contribution in [0.25, 0.3) is 17.3 Å². The number of amides is 1. The molecule has 3 rings (SSSR count). The number of benzene rings is 2. The smallest absolute Gasteiger partial charge is 0.250 e. The third-order valence-electron chi connectivity index (χ3n) is 3.88. The first-order valence-corrected chi connectivity index (χ1v) is 9.85. The van der Waals surface area contributed by atoms with Gasteiger partial charge in [-0.05, 0) is 42.3 Å². The minimum absolute atomic E-state index is 0.195. The lowest BCUT2D eigenvalue weighted by Gasteiger charge is -2.05. The molecular formula is C22H22N2O2S. The summed E-state index contributed by atoms with van der Waals surface area (Å²) < 4.78 is 5.68. The Balaban J connectivity index is 1.58. The summed E-state index contributed by atoms with van der Waals surface area (Å²) in [6.07, 6.45) is 5.46. The van der Waals surface area contributed by atoms with Gasteiger partial charge >= 0.3 is 0 Å². The van der Waals surface area contributed by atoms with Crippen LogP contribution in [0.3, 0.4) is 0 Å². The molecule has 0 radical (unpaired) electrons. The topological polar surface area (TPSA) is 51.2 Å². The standard InChI is InChI=1S/C22H22N2O2S/c1-2-3-15-26-19-12-10-18(11-13-19)20-16-27-22(23-20)24-21(25)14-9-17-7-5-4-6-8-17/h4-14,16H,2-3,15H2,1H3,(H,23,24,25)/b14-9+. The van der Waals surface area contributed by atoms with Crippen LogP contribution in [0.1, 0.15) is 25.3 Å². The molecule has 0 spiro atoms. The maximum atomic E-state index is 12.1. The number of aromatic nitrogens is 1. The van der Waals surface area contributed by atoms with Crippen molar-refractivity contribution in [3.05, 3.63) is 71.6 Å². The summed E-state index contributed by atoms with van der Waals surface area (Å²) in [4.78, 5) is 16.5. The Morgan fingerprint density at radius 1 is 1.15 bits per heavy atom. The Kier molecular flexibility index (Phi) is 6.77. The minimum Gasteiger partial charge on any atom is -0.494 e. The second-order valence-corrected chi connectivity index (χ2v) is 6.86. The number of anilines is 1. The van der Waals surface area contributed by atoms with E-state index in [9.17, 15) is 4.79 Å². The molecule has 4 nitrogen and oxygen atoms in total. The van der Waals surface area contributed by atoms with Crippen molar-refractivity contribution in [3.8, 4) is 17.0 Å². The highest BCUT2D eigenvalue weighted by atomic mass is 32.1. The van der Waals surface area contributed by atoms with Gasteiger partial charge in [-0.25, -0.2) is 4.98 Å². The second kappa shape index (κ2) is 9.69. The molecular weight excluding hydrogens is 356 g/mol. The lowest BCUT2D eigenvalue weighted by Crippen LogP contribution is -2.07. The SMILES string of the molecule is CCCCOc1ccc(-c2csc(NC(=O)/C=C/c3ccccc3)n2)cc1. The third kappa shape index (κ3) is 5.79. The molecule has 5 heteroatoms. The molecule has 0 atom stereocenters. The Bertz CT molecular complexity index is 886. The number of nitrogens with one attached hydrogen (secondary N) is 1. The van der Waals surface area contributed by atoms with Gasteiger partial charge in [-0.2, -0.15) is 0 Å². The summed E-state index contributed by atoms with van der Waals surface area (Å²) in [6, 6.07) is 17.6. The van der Waals surface area contributed by atoms with E-state index in [2.05, 4.69) is 17.2 Å². The molecule has 0 bridgehead atoms. The van der Waals surface area contributed by atoms with E-state index >= 15 is 0 Å². The lowest BCUT2D eigenvalue weighted by atomic mass is 10.2. The van der Waals surface area contributed by atoms with Gasteiger partial charge in [-0.15, -0.1) is 11.3 Å². The summed E-state index contributed by atoms with van der Waals surface area (Å²) in [5.41, 5.74) is 2.81. The van der Waals surface area contributed by atoms with Gasteiger partial charge in [0.25, 0.3) is 0 Å². The molecule has 2 aromatic carbocycles. The third-order valence-corrected chi connectivity index (χ3v) is 4.64. The van der Waals surface area contributed by atoms with E-state index in [1.807, 2.05) is 60.0 Å². The molecule has 0 aliphatic rings. The first-order valence-electron chi connectivity index (χ1n) is 8.97. The number of unbranched alkanes of at least 4 members (excludes halogenated alkanes) is 1. The predicted octanol–water partition coefficient (Wildman–Crippen LogP) is 5.64. The van der Waals surface area contributed by atoms with Gasteiger partial charge in [0.2, 0.25) is 5.91 Å². The summed E-state index contributed by atoms with van der Waals surface area (Å²) in [7, 11) is 0. The number of hydrogen-bond donors (Lipinski definition) is 1. The van der Waals surface area contributed by atoms with Gasteiger partial charge < -0.3 is 4.74 Å². The minimum atomic E-state index is -0.195. The highest BCUT2D eigenvalue weighted by Gasteiger charge is 2.07. The van der Waals surface area contributed by atoms with Crippen molar-refractivity contribution < 1.29 is 9.53 Å². The van der Waals surface area contributed by atoms with Crippen molar-refractivity contribution in [2.45, 2.75) is 19.8 Å². The molecule has 1 aromatic heterocycles.